The van der Waals surface area contributed by atoms with Gasteiger partial charge in [0.1, 0.15) is 5.76 Å². The zero-order valence-electron chi connectivity index (χ0n) is 8.64. The highest BCUT2D eigenvalue weighted by Gasteiger charge is 2.27. The first-order valence-electron chi connectivity index (χ1n) is 5.00. The number of likely N-dealkylation sites (tertiary alicyclic amines) is 1. The average molecular weight is 210 g/mol. The number of hydrogen-bond donors (Lipinski definition) is 1. The number of likely N-dealkylation sites (N-methyl/N-ethyl adjacent to an activating group) is 1. The molecule has 5 nitrogen and oxygen atoms in total. The summed E-state index contributed by atoms with van der Waals surface area (Å²) in [7, 11) is 2.05. The van der Waals surface area contributed by atoms with Crippen molar-refractivity contribution in [2.75, 3.05) is 20.1 Å². The summed E-state index contributed by atoms with van der Waals surface area (Å²) in [6.45, 7) is 1.94. The number of rotatable bonds is 3. The molecule has 15 heavy (non-hydrogen) atoms. The zero-order chi connectivity index (χ0) is 10.8. The summed E-state index contributed by atoms with van der Waals surface area (Å²) < 4.78 is 5.16. The topological polar surface area (TPSA) is 66.6 Å². The molecule has 0 spiro atoms. The quantitative estimate of drug-likeness (QED) is 0.796. The fourth-order valence-corrected chi connectivity index (χ4v) is 2.05. The Balaban J connectivity index is 2.14. The second-order valence-electron chi connectivity index (χ2n) is 4.03. The minimum Gasteiger partial charge on any atom is -0.481 e. The van der Waals surface area contributed by atoms with E-state index in [2.05, 4.69) is 10.1 Å². The van der Waals surface area contributed by atoms with Gasteiger partial charge in [0.15, 0.2) is 0 Å². The molecule has 0 aromatic carbocycles. The zero-order valence-corrected chi connectivity index (χ0v) is 8.64. The molecule has 0 radical (unpaired) electrons. The molecule has 1 N–H and O–H groups in total. The van der Waals surface area contributed by atoms with Crippen molar-refractivity contribution in [3.8, 4) is 0 Å². The molecule has 2 heterocycles. The van der Waals surface area contributed by atoms with Crippen LogP contribution in [0.4, 0.5) is 0 Å². The Labute approximate surface area is 87.7 Å². The fraction of sp³-hybridized carbons (Fsp3) is 0.600. The molecule has 0 bridgehead atoms. The summed E-state index contributed by atoms with van der Waals surface area (Å²) >= 11 is 0. The van der Waals surface area contributed by atoms with E-state index in [-0.39, 0.29) is 6.42 Å². The number of hydrogen-bond acceptors (Lipinski definition) is 4. The molecule has 1 unspecified atom stereocenters. The van der Waals surface area contributed by atoms with Gasteiger partial charge in [0.25, 0.3) is 0 Å². The first kappa shape index (κ1) is 10.2. The summed E-state index contributed by atoms with van der Waals surface area (Å²) in [6.07, 6.45) is 2.53. The van der Waals surface area contributed by atoms with Gasteiger partial charge in [-0.05, 0) is 20.0 Å². The van der Waals surface area contributed by atoms with Crippen LogP contribution >= 0.6 is 0 Å². The van der Waals surface area contributed by atoms with E-state index in [0.717, 1.165) is 25.3 Å². The van der Waals surface area contributed by atoms with Gasteiger partial charge in [-0.15, -0.1) is 0 Å². The molecule has 0 aliphatic carbocycles. The van der Waals surface area contributed by atoms with Gasteiger partial charge in [0, 0.05) is 18.0 Å². The van der Waals surface area contributed by atoms with Crippen molar-refractivity contribution in [3.63, 3.8) is 0 Å². The van der Waals surface area contributed by atoms with Crippen LogP contribution in [0.15, 0.2) is 10.7 Å². The maximum atomic E-state index is 10.6. The van der Waals surface area contributed by atoms with E-state index in [4.69, 9.17) is 9.63 Å². The van der Waals surface area contributed by atoms with Crippen molar-refractivity contribution in [2.45, 2.75) is 18.8 Å². The van der Waals surface area contributed by atoms with E-state index >= 15 is 0 Å². The van der Waals surface area contributed by atoms with Crippen molar-refractivity contribution < 1.29 is 14.4 Å². The molecular weight excluding hydrogens is 196 g/mol. The first-order chi connectivity index (χ1) is 7.16. The lowest BCUT2D eigenvalue weighted by atomic mass is 10.0. The molecule has 1 aliphatic rings. The Bertz CT molecular complexity index is 361. The number of aliphatic carboxylic acids is 1. The van der Waals surface area contributed by atoms with Crippen LogP contribution in [0.25, 0.3) is 0 Å². The Hall–Kier alpha value is -1.36. The molecule has 1 atom stereocenters. The minimum atomic E-state index is -0.842. The van der Waals surface area contributed by atoms with Crippen LogP contribution < -0.4 is 0 Å². The van der Waals surface area contributed by atoms with Crippen molar-refractivity contribution >= 4 is 5.97 Å². The molecule has 1 aromatic heterocycles. The molecule has 5 heteroatoms. The van der Waals surface area contributed by atoms with Crippen molar-refractivity contribution in [1.29, 1.82) is 0 Å². The number of carboxylic acid groups (broad SMARTS) is 1. The fourth-order valence-electron chi connectivity index (χ4n) is 2.05. The Morgan fingerprint density at radius 3 is 3.20 bits per heavy atom. The van der Waals surface area contributed by atoms with Gasteiger partial charge >= 0.3 is 5.97 Å². The van der Waals surface area contributed by atoms with E-state index < -0.39 is 5.97 Å². The highest BCUT2D eigenvalue weighted by atomic mass is 16.5. The number of carbonyl (C=O) groups is 1. The summed E-state index contributed by atoms with van der Waals surface area (Å²) in [6, 6.07) is 0. The van der Waals surface area contributed by atoms with E-state index in [9.17, 15) is 4.79 Å². The maximum absolute atomic E-state index is 10.6. The predicted molar refractivity (Wildman–Crippen MR) is 52.7 cm³/mol. The Morgan fingerprint density at radius 1 is 1.80 bits per heavy atom. The van der Waals surface area contributed by atoms with Gasteiger partial charge in [-0.1, -0.05) is 5.16 Å². The second kappa shape index (κ2) is 4.02. The molecular formula is C10H14N2O3. The molecule has 0 amide bonds. The van der Waals surface area contributed by atoms with Gasteiger partial charge in [-0.2, -0.15) is 0 Å². The van der Waals surface area contributed by atoms with Gasteiger partial charge in [0.05, 0.1) is 12.6 Å². The standard InChI is InChI=1S/C10H14N2O3/c1-12-3-2-7(6-12)10-8(4-9(13)14)5-11-15-10/h5,7H,2-4,6H2,1H3,(H,13,14). The van der Waals surface area contributed by atoms with E-state index in [0.29, 0.717) is 11.5 Å². The van der Waals surface area contributed by atoms with Crippen molar-refractivity contribution in [1.82, 2.24) is 10.1 Å². The van der Waals surface area contributed by atoms with Crippen molar-refractivity contribution in [2.24, 2.45) is 0 Å². The maximum Gasteiger partial charge on any atom is 0.308 e. The average Bonchev–Trinajstić information content (AvgIpc) is 2.72. The Morgan fingerprint density at radius 2 is 2.60 bits per heavy atom. The Kier molecular flexibility index (Phi) is 2.73. The van der Waals surface area contributed by atoms with Crippen LogP contribution in [0.1, 0.15) is 23.7 Å². The largest absolute Gasteiger partial charge is 0.481 e. The first-order valence-corrected chi connectivity index (χ1v) is 5.00. The number of aromatic nitrogens is 1. The summed E-state index contributed by atoms with van der Waals surface area (Å²) in [4.78, 5) is 12.8. The second-order valence-corrected chi connectivity index (χ2v) is 4.03. The predicted octanol–water partition coefficient (Wildman–Crippen LogP) is 0.721. The van der Waals surface area contributed by atoms with Gasteiger partial charge < -0.3 is 14.5 Å². The highest BCUT2D eigenvalue weighted by molar-refractivity contribution is 5.70. The van der Waals surface area contributed by atoms with Crippen LogP contribution in [0, 0.1) is 0 Å². The smallest absolute Gasteiger partial charge is 0.308 e. The van der Waals surface area contributed by atoms with Gasteiger partial charge in [-0.25, -0.2) is 0 Å². The highest BCUT2D eigenvalue weighted by Crippen LogP contribution is 2.28. The summed E-state index contributed by atoms with van der Waals surface area (Å²) in [5, 5.41) is 12.4. The van der Waals surface area contributed by atoms with E-state index in [1.807, 2.05) is 7.05 Å². The van der Waals surface area contributed by atoms with Crippen molar-refractivity contribution in [3.05, 3.63) is 17.5 Å². The van der Waals surface area contributed by atoms with Gasteiger partial charge in [0.2, 0.25) is 0 Å². The number of nitrogens with zero attached hydrogens (tertiary/aromatic N) is 2. The van der Waals surface area contributed by atoms with E-state index in [1.54, 1.807) is 0 Å². The molecule has 1 saturated heterocycles. The van der Waals surface area contributed by atoms with Crippen LogP contribution in [0.5, 0.6) is 0 Å². The third-order valence-electron chi connectivity index (χ3n) is 2.78. The molecule has 1 aromatic rings. The number of carboxylic acids is 1. The molecule has 82 valence electrons. The SMILES string of the molecule is CN1CCC(c2oncc2CC(=O)O)C1. The monoisotopic (exact) mass is 210 g/mol. The lowest BCUT2D eigenvalue weighted by Gasteiger charge is -2.08. The molecule has 1 aliphatic heterocycles. The van der Waals surface area contributed by atoms with Crippen LogP contribution in [-0.4, -0.2) is 41.3 Å². The lowest BCUT2D eigenvalue weighted by Crippen LogP contribution is -2.13. The minimum absolute atomic E-state index is 0.000945. The van der Waals surface area contributed by atoms with Crippen LogP contribution in [0.3, 0.4) is 0 Å². The summed E-state index contributed by atoms with van der Waals surface area (Å²) in [5.74, 6) is 0.208. The molecule has 0 saturated carbocycles. The lowest BCUT2D eigenvalue weighted by molar-refractivity contribution is -0.136. The molecule has 2 rings (SSSR count). The summed E-state index contributed by atoms with van der Waals surface area (Å²) in [5.41, 5.74) is 0.711. The third-order valence-corrected chi connectivity index (χ3v) is 2.78. The molecule has 1 fully saturated rings. The van der Waals surface area contributed by atoms with E-state index in [1.165, 1.54) is 6.20 Å². The van der Waals surface area contributed by atoms with Crippen LogP contribution in [0.2, 0.25) is 0 Å². The normalized spacial score (nSPS) is 22.1. The third kappa shape index (κ3) is 2.18. The van der Waals surface area contributed by atoms with Gasteiger partial charge in [-0.3, -0.25) is 4.79 Å². The van der Waals surface area contributed by atoms with Crippen LogP contribution in [-0.2, 0) is 11.2 Å².